The van der Waals surface area contributed by atoms with Crippen molar-refractivity contribution in [3.05, 3.63) is 23.6 Å². The average Bonchev–Trinajstić information content (AvgIpc) is 2.83. The molecule has 4 nitrogen and oxygen atoms in total. The summed E-state index contributed by atoms with van der Waals surface area (Å²) in [4.78, 5) is 8.76. The molecule has 2 aromatic rings. The van der Waals surface area contributed by atoms with Gasteiger partial charge in [0.05, 0.1) is 12.4 Å². The molecule has 0 amide bonds. The number of pyridine rings is 1. The first-order valence-corrected chi connectivity index (χ1v) is 7.02. The number of nitriles is 1. The Kier molecular flexibility index (Phi) is 3.39. The van der Waals surface area contributed by atoms with Gasteiger partial charge in [0.25, 0.3) is 0 Å². The molecule has 0 N–H and O–H groups in total. The number of imidazole rings is 1. The summed E-state index contributed by atoms with van der Waals surface area (Å²) in [6, 6.07) is 6.39. The van der Waals surface area contributed by atoms with Crippen LogP contribution in [-0.4, -0.2) is 14.5 Å². The van der Waals surface area contributed by atoms with E-state index in [-0.39, 0.29) is 0 Å². The third-order valence-electron chi connectivity index (χ3n) is 3.98. The van der Waals surface area contributed by atoms with Crippen molar-refractivity contribution >= 4 is 22.8 Å². The number of nitrogens with zero attached hydrogens (tertiary/aromatic N) is 4. The maximum absolute atomic E-state index is 8.75. The Labute approximate surface area is 117 Å². The van der Waals surface area contributed by atoms with Crippen molar-refractivity contribution in [1.29, 1.82) is 5.26 Å². The van der Waals surface area contributed by atoms with Gasteiger partial charge < -0.3 is 4.57 Å². The van der Waals surface area contributed by atoms with E-state index in [2.05, 4.69) is 20.6 Å². The van der Waals surface area contributed by atoms with Gasteiger partial charge in [-0.1, -0.05) is 11.6 Å². The summed E-state index contributed by atoms with van der Waals surface area (Å²) in [5, 5.41) is 9.26. The summed E-state index contributed by atoms with van der Waals surface area (Å²) in [5.41, 5.74) is 1.76. The fraction of sp³-hybridized carbons (Fsp3) is 0.500. The zero-order chi connectivity index (χ0) is 13.2. The van der Waals surface area contributed by atoms with Crippen LogP contribution in [0.25, 0.3) is 11.2 Å². The van der Waals surface area contributed by atoms with Crippen LogP contribution in [0.1, 0.15) is 38.1 Å². The predicted octanol–water partition coefficient (Wildman–Crippen LogP) is 3.73. The minimum Gasteiger partial charge on any atom is -0.312 e. The molecule has 0 spiro atoms. The Hall–Kier alpha value is -1.60. The lowest BCUT2D eigenvalue weighted by molar-refractivity contribution is 0.280. The molecule has 0 radical (unpaired) electrons. The van der Waals surface area contributed by atoms with Crippen LogP contribution < -0.4 is 0 Å². The quantitative estimate of drug-likeness (QED) is 0.784. The number of fused-ring (bicyclic) bond motifs is 1. The van der Waals surface area contributed by atoms with E-state index in [9.17, 15) is 0 Å². The summed E-state index contributed by atoms with van der Waals surface area (Å²) in [7, 11) is 0. The second kappa shape index (κ2) is 5.18. The van der Waals surface area contributed by atoms with Gasteiger partial charge in [-0.3, -0.25) is 0 Å². The van der Waals surface area contributed by atoms with Gasteiger partial charge in [-0.2, -0.15) is 5.26 Å². The smallest absolute Gasteiger partial charge is 0.161 e. The van der Waals surface area contributed by atoms with Crippen LogP contribution in [0.4, 0.5) is 0 Å². The highest BCUT2D eigenvalue weighted by Gasteiger charge is 2.23. The number of hydrogen-bond donors (Lipinski definition) is 0. The summed E-state index contributed by atoms with van der Waals surface area (Å²) >= 11 is 5.96. The fourth-order valence-corrected chi connectivity index (χ4v) is 3.05. The third-order valence-corrected chi connectivity index (χ3v) is 4.19. The molecule has 0 aromatic carbocycles. The highest BCUT2D eigenvalue weighted by molar-refractivity contribution is 6.29. The van der Waals surface area contributed by atoms with E-state index in [0.717, 1.165) is 36.8 Å². The first kappa shape index (κ1) is 12.4. The molecule has 1 aliphatic carbocycles. The van der Waals surface area contributed by atoms with Crippen LogP contribution in [0.3, 0.4) is 0 Å². The third kappa shape index (κ3) is 2.43. The monoisotopic (exact) mass is 274 g/mol. The molecule has 2 heterocycles. The first-order valence-electron chi connectivity index (χ1n) is 6.64. The van der Waals surface area contributed by atoms with Crippen LogP contribution in [0, 0.1) is 17.2 Å². The predicted molar refractivity (Wildman–Crippen MR) is 73.8 cm³/mol. The average molecular weight is 275 g/mol. The Morgan fingerprint density at radius 3 is 2.84 bits per heavy atom. The van der Waals surface area contributed by atoms with Gasteiger partial charge in [-0.05, 0) is 43.7 Å². The molecule has 0 aliphatic heterocycles. The highest BCUT2D eigenvalue weighted by atomic mass is 35.5. The lowest BCUT2D eigenvalue weighted by Crippen LogP contribution is -2.17. The van der Waals surface area contributed by atoms with Crippen molar-refractivity contribution in [2.24, 2.45) is 5.92 Å². The van der Waals surface area contributed by atoms with Crippen LogP contribution in [-0.2, 0) is 0 Å². The van der Waals surface area contributed by atoms with E-state index in [1.165, 1.54) is 0 Å². The lowest BCUT2D eigenvalue weighted by Gasteiger charge is -2.28. The van der Waals surface area contributed by atoms with Gasteiger partial charge in [0.15, 0.2) is 5.65 Å². The van der Waals surface area contributed by atoms with Gasteiger partial charge in [0.2, 0.25) is 0 Å². The van der Waals surface area contributed by atoms with Crippen molar-refractivity contribution in [3.63, 3.8) is 0 Å². The molecule has 1 aliphatic rings. The minimum atomic E-state index is 0.436. The Morgan fingerprint density at radius 2 is 2.11 bits per heavy atom. The maximum atomic E-state index is 8.75. The fourth-order valence-electron chi connectivity index (χ4n) is 2.91. The van der Waals surface area contributed by atoms with Crippen LogP contribution in [0.5, 0.6) is 0 Å². The molecule has 0 saturated heterocycles. The zero-order valence-corrected chi connectivity index (χ0v) is 11.3. The van der Waals surface area contributed by atoms with Gasteiger partial charge in [0.1, 0.15) is 10.7 Å². The second-order valence-electron chi connectivity index (χ2n) is 5.17. The topological polar surface area (TPSA) is 54.5 Å². The van der Waals surface area contributed by atoms with Crippen molar-refractivity contribution < 1.29 is 0 Å². The summed E-state index contributed by atoms with van der Waals surface area (Å²) < 4.78 is 2.14. The van der Waals surface area contributed by atoms with Gasteiger partial charge in [-0.25, -0.2) is 9.97 Å². The summed E-state index contributed by atoms with van der Waals surface area (Å²) in [5.74, 6) is 0.563. The maximum Gasteiger partial charge on any atom is 0.161 e. The Morgan fingerprint density at radius 1 is 1.32 bits per heavy atom. The van der Waals surface area contributed by atoms with Crippen LogP contribution in [0.15, 0.2) is 18.5 Å². The molecule has 98 valence electrons. The zero-order valence-electron chi connectivity index (χ0n) is 10.6. The molecular weight excluding hydrogens is 260 g/mol. The molecule has 5 heteroatoms. The lowest BCUT2D eigenvalue weighted by atomic mass is 9.84. The van der Waals surface area contributed by atoms with Crippen molar-refractivity contribution in [2.75, 3.05) is 0 Å². The van der Waals surface area contributed by atoms with Gasteiger partial charge >= 0.3 is 0 Å². The highest BCUT2D eigenvalue weighted by Crippen LogP contribution is 2.35. The number of hydrogen-bond acceptors (Lipinski definition) is 3. The largest absolute Gasteiger partial charge is 0.312 e. The van der Waals surface area contributed by atoms with E-state index < -0.39 is 0 Å². The second-order valence-corrected chi connectivity index (χ2v) is 5.55. The first-order chi connectivity index (χ1) is 9.28. The molecule has 19 heavy (non-hydrogen) atoms. The van der Waals surface area contributed by atoms with E-state index >= 15 is 0 Å². The van der Waals surface area contributed by atoms with Gasteiger partial charge in [-0.15, -0.1) is 0 Å². The van der Waals surface area contributed by atoms with E-state index in [4.69, 9.17) is 16.9 Å². The van der Waals surface area contributed by atoms with E-state index in [1.807, 2.05) is 12.4 Å². The van der Waals surface area contributed by atoms with E-state index in [0.29, 0.717) is 23.5 Å². The molecule has 1 saturated carbocycles. The molecular formula is C14H15ClN4. The Bertz CT molecular complexity index is 620. The number of halogens is 1. The number of aromatic nitrogens is 3. The van der Waals surface area contributed by atoms with Crippen molar-refractivity contribution in [2.45, 2.75) is 38.1 Å². The minimum absolute atomic E-state index is 0.436. The van der Waals surface area contributed by atoms with Crippen LogP contribution >= 0.6 is 11.6 Å². The molecule has 0 atom stereocenters. The van der Waals surface area contributed by atoms with Crippen LogP contribution in [0.2, 0.25) is 5.15 Å². The molecule has 1 fully saturated rings. The molecule has 0 unspecified atom stereocenters. The van der Waals surface area contributed by atoms with E-state index in [1.54, 1.807) is 6.07 Å². The SMILES string of the molecule is N#CCC1CCC(n2cnc3ccc(Cl)nc32)CC1. The molecule has 3 rings (SSSR count). The van der Waals surface area contributed by atoms with Crippen molar-refractivity contribution in [3.8, 4) is 6.07 Å². The normalized spacial score (nSPS) is 23.4. The molecule has 2 aromatic heterocycles. The van der Waals surface area contributed by atoms with Crippen molar-refractivity contribution in [1.82, 2.24) is 14.5 Å². The summed E-state index contributed by atoms with van der Waals surface area (Å²) in [6.07, 6.45) is 6.94. The summed E-state index contributed by atoms with van der Waals surface area (Å²) in [6.45, 7) is 0. The Balaban J connectivity index is 1.82. The standard InChI is InChI=1S/C14H15ClN4/c15-13-6-5-12-14(18-13)19(9-17-12)11-3-1-10(2-4-11)7-8-16/h5-6,9-11H,1-4,7H2. The molecule has 0 bridgehead atoms. The van der Waals surface area contributed by atoms with Gasteiger partial charge in [0, 0.05) is 12.5 Å². The number of rotatable bonds is 2.